The van der Waals surface area contributed by atoms with Crippen molar-refractivity contribution in [2.24, 2.45) is 0 Å². The fourth-order valence-electron chi connectivity index (χ4n) is 1.54. The molecule has 5 heteroatoms. The van der Waals surface area contributed by atoms with Gasteiger partial charge in [0.15, 0.2) is 5.12 Å². The summed E-state index contributed by atoms with van der Waals surface area (Å²) in [5.41, 5.74) is 1.95. The van der Waals surface area contributed by atoms with Crippen molar-refractivity contribution in [3.8, 4) is 0 Å². The molecule has 0 amide bonds. The zero-order valence-electron chi connectivity index (χ0n) is 10.6. The second-order valence-electron chi connectivity index (χ2n) is 4.29. The zero-order valence-corrected chi connectivity index (χ0v) is 11.4. The van der Waals surface area contributed by atoms with Gasteiger partial charge < -0.3 is 0 Å². The predicted octanol–water partition coefficient (Wildman–Crippen LogP) is 3.57. The van der Waals surface area contributed by atoms with E-state index in [2.05, 4.69) is 13.8 Å². The molecular weight excluding hydrogens is 250 g/mol. The lowest BCUT2D eigenvalue weighted by atomic mass is 10.0. The lowest BCUT2D eigenvalue weighted by Crippen LogP contribution is -2.05. The Hall–Kier alpha value is -1.49. The van der Waals surface area contributed by atoms with E-state index in [9.17, 15) is 14.9 Å². The molecule has 1 aromatic rings. The number of nitrogens with zero attached hydrogens (tertiary/aromatic N) is 1. The van der Waals surface area contributed by atoms with Gasteiger partial charge in [-0.1, -0.05) is 43.7 Å². The van der Waals surface area contributed by atoms with Crippen molar-refractivity contribution >= 4 is 16.9 Å². The average molecular weight is 266 g/mol. The fraction of sp³-hybridized carbons (Fsp3) is 0.385. The Morgan fingerprint density at radius 2 is 1.78 bits per heavy atom. The molecule has 1 atom stereocenters. The molecule has 0 aromatic heterocycles. The minimum Gasteiger partial charge on any atom is -0.295 e. The van der Waals surface area contributed by atoms with Crippen molar-refractivity contribution in [2.75, 3.05) is 0 Å². The van der Waals surface area contributed by atoms with Crippen LogP contribution in [0, 0.1) is 16.7 Å². The first-order chi connectivity index (χ1) is 8.40. The first-order valence-electron chi connectivity index (χ1n) is 5.65. The number of hydrogen-bond acceptors (Lipinski definition) is 4. The third-order valence-corrected chi connectivity index (χ3v) is 3.46. The molecule has 1 rings (SSSR count). The molecule has 0 aliphatic heterocycles. The number of hydrogen-bond donors (Lipinski definition) is 0. The molecule has 0 heterocycles. The summed E-state index contributed by atoms with van der Waals surface area (Å²) >= 11 is 0.959. The van der Waals surface area contributed by atoms with Crippen molar-refractivity contribution in [1.29, 1.82) is 0 Å². The van der Waals surface area contributed by atoms with E-state index in [-0.39, 0.29) is 5.12 Å². The summed E-state index contributed by atoms with van der Waals surface area (Å²) in [6, 6.07) is 7.58. The van der Waals surface area contributed by atoms with E-state index in [1.54, 1.807) is 0 Å². The normalized spacial score (nSPS) is 12.2. The quantitative estimate of drug-likeness (QED) is 0.464. The highest BCUT2D eigenvalue weighted by molar-refractivity contribution is 8.13. The summed E-state index contributed by atoms with van der Waals surface area (Å²) in [5.74, 6) is 0.414. The summed E-state index contributed by atoms with van der Waals surface area (Å²) in [5, 5.41) is 9.90. The van der Waals surface area contributed by atoms with Crippen LogP contribution in [0.5, 0.6) is 0 Å². The molecule has 0 aliphatic rings. The molecule has 98 valence electrons. The van der Waals surface area contributed by atoms with Gasteiger partial charge in [-0.25, -0.2) is 0 Å². The third kappa shape index (κ3) is 4.41. The van der Waals surface area contributed by atoms with E-state index in [0.29, 0.717) is 5.92 Å². The van der Waals surface area contributed by atoms with Crippen LogP contribution in [0.1, 0.15) is 43.1 Å². The second kappa shape index (κ2) is 6.44. The molecule has 0 saturated carbocycles. The summed E-state index contributed by atoms with van der Waals surface area (Å²) in [4.78, 5) is 21.2. The van der Waals surface area contributed by atoms with Gasteiger partial charge in [-0.2, -0.15) is 0 Å². The molecule has 0 N–H and O–H groups in total. The van der Waals surface area contributed by atoms with Crippen LogP contribution < -0.4 is 0 Å². The van der Waals surface area contributed by atoms with Gasteiger partial charge in [0, 0.05) is 6.92 Å². The maximum atomic E-state index is 11.1. The van der Waals surface area contributed by atoms with Crippen molar-refractivity contribution in [3.05, 3.63) is 52.1 Å². The van der Waals surface area contributed by atoms with Crippen LogP contribution in [0.2, 0.25) is 0 Å². The number of thioether (sulfide) groups is 1. The Kier molecular flexibility index (Phi) is 5.22. The Labute approximate surface area is 111 Å². The lowest BCUT2D eigenvalue weighted by Gasteiger charge is -2.19. The van der Waals surface area contributed by atoms with Crippen molar-refractivity contribution in [2.45, 2.75) is 31.9 Å². The first kappa shape index (κ1) is 14.6. The zero-order chi connectivity index (χ0) is 13.7. The Morgan fingerprint density at radius 1 is 1.28 bits per heavy atom. The molecule has 0 bridgehead atoms. The third-order valence-electron chi connectivity index (χ3n) is 2.48. The van der Waals surface area contributed by atoms with Gasteiger partial charge in [0.2, 0.25) is 0 Å². The van der Waals surface area contributed by atoms with Gasteiger partial charge >= 0.3 is 0 Å². The van der Waals surface area contributed by atoms with Crippen molar-refractivity contribution in [3.63, 3.8) is 0 Å². The summed E-state index contributed by atoms with van der Waals surface area (Å²) in [6.45, 7) is 6.53. The summed E-state index contributed by atoms with van der Waals surface area (Å²) in [6.07, 6.45) is 0. The topological polar surface area (TPSA) is 60.2 Å². The highest BCUT2D eigenvalue weighted by Crippen LogP contribution is 2.32. The van der Waals surface area contributed by atoms with Crippen LogP contribution in [0.25, 0.3) is 0 Å². The number of rotatable bonds is 5. The van der Waals surface area contributed by atoms with Crippen LogP contribution >= 0.6 is 11.8 Å². The Bertz CT molecular complexity index is 412. The highest BCUT2D eigenvalue weighted by Gasteiger charge is 2.12. The van der Waals surface area contributed by atoms with Gasteiger partial charge in [0.25, 0.3) is 0 Å². The van der Waals surface area contributed by atoms with Crippen LogP contribution in [-0.4, -0.2) is 10.0 Å². The van der Waals surface area contributed by atoms with Crippen LogP contribution in [-0.2, 0) is 4.79 Å². The highest BCUT2D eigenvalue weighted by atomic mass is 32.2. The van der Waals surface area contributed by atoms with Gasteiger partial charge in [-0.05, 0) is 23.3 Å². The average Bonchev–Trinajstić information content (AvgIpc) is 2.27. The SMILES string of the molecule is CC(=O)SC([CH-][N+](=O)[O-])c1ccc(C(C)C)cc1. The van der Waals surface area contributed by atoms with Crippen LogP contribution in [0.4, 0.5) is 0 Å². The van der Waals surface area contributed by atoms with Gasteiger partial charge in [0.1, 0.15) is 0 Å². The van der Waals surface area contributed by atoms with E-state index < -0.39 is 10.2 Å². The maximum Gasteiger partial charge on any atom is 0.184 e. The smallest absolute Gasteiger partial charge is 0.184 e. The largest absolute Gasteiger partial charge is 0.295 e. The predicted molar refractivity (Wildman–Crippen MR) is 72.8 cm³/mol. The number of benzene rings is 1. The standard InChI is InChI=1S/C13H16NO3S/c1-9(2)11-4-6-12(7-5-11)13(8-14(16)17)18-10(3)15/h4-9,13H,1-3H3/q-1. The minimum absolute atomic E-state index is 0.133. The number of nitro groups is 1. The molecule has 0 aliphatic carbocycles. The van der Waals surface area contributed by atoms with E-state index >= 15 is 0 Å². The Morgan fingerprint density at radius 3 is 2.17 bits per heavy atom. The number of carbonyl (C=O) groups excluding carboxylic acids is 1. The van der Waals surface area contributed by atoms with E-state index in [1.807, 2.05) is 24.3 Å². The van der Waals surface area contributed by atoms with Gasteiger partial charge in [-0.15, -0.1) is 16.7 Å². The first-order valence-corrected chi connectivity index (χ1v) is 6.53. The van der Waals surface area contributed by atoms with Crippen LogP contribution in [0.15, 0.2) is 24.3 Å². The molecule has 18 heavy (non-hydrogen) atoms. The molecule has 4 nitrogen and oxygen atoms in total. The molecular formula is C13H16NO3S-. The number of carbonyl (C=O) groups is 1. The summed E-state index contributed by atoms with van der Waals surface area (Å²) in [7, 11) is 0. The molecule has 0 radical (unpaired) electrons. The maximum absolute atomic E-state index is 11.1. The monoisotopic (exact) mass is 266 g/mol. The van der Waals surface area contributed by atoms with Gasteiger partial charge in [0.05, 0.1) is 0 Å². The lowest BCUT2D eigenvalue weighted by molar-refractivity contribution is -0.437. The van der Waals surface area contributed by atoms with E-state index in [0.717, 1.165) is 23.9 Å². The van der Waals surface area contributed by atoms with Crippen molar-refractivity contribution < 1.29 is 9.72 Å². The van der Waals surface area contributed by atoms with Crippen molar-refractivity contribution in [1.82, 2.24) is 0 Å². The molecule has 0 fully saturated rings. The molecule has 1 unspecified atom stereocenters. The van der Waals surface area contributed by atoms with Crippen LogP contribution in [0.3, 0.4) is 0 Å². The summed E-state index contributed by atoms with van der Waals surface area (Å²) < 4.78 is 0. The molecule has 1 aromatic carbocycles. The van der Waals surface area contributed by atoms with E-state index in [4.69, 9.17) is 0 Å². The van der Waals surface area contributed by atoms with E-state index in [1.165, 1.54) is 12.5 Å². The fourth-order valence-corrected chi connectivity index (χ4v) is 2.36. The van der Waals surface area contributed by atoms with Gasteiger partial charge in [-0.3, -0.25) is 14.9 Å². The minimum atomic E-state index is -0.529. The Balaban J connectivity index is 2.90. The molecule has 0 saturated heterocycles. The second-order valence-corrected chi connectivity index (χ2v) is 5.60. The molecule has 0 spiro atoms.